The average Bonchev–Trinajstić information content (AvgIpc) is 1.91. The van der Waals surface area contributed by atoms with Gasteiger partial charge in [-0.3, -0.25) is 0 Å². The Labute approximate surface area is 64.0 Å². The summed E-state index contributed by atoms with van der Waals surface area (Å²) in [5.74, 6) is 0. The van der Waals surface area contributed by atoms with E-state index >= 15 is 0 Å². The van der Waals surface area contributed by atoms with Crippen molar-refractivity contribution in [3.63, 3.8) is 0 Å². The zero-order chi connectivity index (χ0) is 7.98. The molecule has 0 spiro atoms. The van der Waals surface area contributed by atoms with Crippen LogP contribution in [-0.4, -0.2) is 25.3 Å². The Morgan fingerprint density at radius 3 is 1.70 bits per heavy atom. The van der Waals surface area contributed by atoms with Gasteiger partial charge < -0.3 is 10.1 Å². The molecule has 62 valence electrons. The lowest BCUT2D eigenvalue weighted by molar-refractivity contribution is 0.0560. The summed E-state index contributed by atoms with van der Waals surface area (Å²) >= 11 is 0. The van der Waals surface area contributed by atoms with Crippen molar-refractivity contribution in [3.05, 3.63) is 0 Å². The lowest BCUT2D eigenvalue weighted by Gasteiger charge is -2.25. The zero-order valence-corrected chi connectivity index (χ0v) is 7.48. The Balaban J connectivity index is 0.000000371. The maximum absolute atomic E-state index is 5.23. The molecule has 10 heavy (non-hydrogen) atoms. The lowest BCUT2D eigenvalue weighted by Crippen LogP contribution is -2.45. The Morgan fingerprint density at radius 2 is 1.50 bits per heavy atom. The smallest absolute Gasteiger partial charge is 0.0617 e. The summed E-state index contributed by atoms with van der Waals surface area (Å²) in [5.41, 5.74) is 0. The molecule has 0 bridgehead atoms. The van der Waals surface area contributed by atoms with Gasteiger partial charge in [0.25, 0.3) is 0 Å². The molecule has 0 aromatic rings. The topological polar surface area (TPSA) is 21.3 Å². The second-order valence-corrected chi connectivity index (χ2v) is 2.51. The Bertz CT molecular complexity index is 67.7. The van der Waals surface area contributed by atoms with Gasteiger partial charge in [0, 0.05) is 12.1 Å². The Morgan fingerprint density at radius 1 is 1.10 bits per heavy atom. The van der Waals surface area contributed by atoms with Gasteiger partial charge in [-0.05, 0) is 13.8 Å². The van der Waals surface area contributed by atoms with E-state index in [1.54, 1.807) is 0 Å². The largest absolute Gasteiger partial charge is 0.378 e. The van der Waals surface area contributed by atoms with E-state index in [2.05, 4.69) is 19.2 Å². The van der Waals surface area contributed by atoms with Crippen LogP contribution in [0.3, 0.4) is 0 Å². The van der Waals surface area contributed by atoms with Gasteiger partial charge in [-0.2, -0.15) is 0 Å². The number of hydrogen-bond donors (Lipinski definition) is 1. The summed E-state index contributed by atoms with van der Waals surface area (Å²) in [7, 11) is 0. The molecular weight excluding hydrogens is 126 g/mol. The van der Waals surface area contributed by atoms with Crippen molar-refractivity contribution < 1.29 is 4.74 Å². The predicted octanol–water partition coefficient (Wildman–Crippen LogP) is 1.41. The Kier molecular flexibility index (Phi) is 5.64. The summed E-state index contributed by atoms with van der Waals surface area (Å²) in [6, 6.07) is 1.08. The average molecular weight is 145 g/mol. The molecule has 0 aliphatic carbocycles. The fourth-order valence-corrected chi connectivity index (χ4v) is 1.00. The molecule has 1 aliphatic heterocycles. The molecule has 1 fully saturated rings. The normalized spacial score (nSPS) is 32.4. The first-order valence-electron chi connectivity index (χ1n) is 4.13. The van der Waals surface area contributed by atoms with Gasteiger partial charge in [0.2, 0.25) is 0 Å². The monoisotopic (exact) mass is 145 g/mol. The SMILES string of the molecule is CC.C[C@@H]1COC[C@H](C)N1. The van der Waals surface area contributed by atoms with Crippen LogP contribution < -0.4 is 5.32 Å². The van der Waals surface area contributed by atoms with Crippen LogP contribution in [-0.2, 0) is 4.74 Å². The summed E-state index contributed by atoms with van der Waals surface area (Å²) in [6.07, 6.45) is 0. The van der Waals surface area contributed by atoms with Crippen molar-refractivity contribution in [1.29, 1.82) is 0 Å². The second-order valence-electron chi connectivity index (χ2n) is 2.51. The van der Waals surface area contributed by atoms with E-state index < -0.39 is 0 Å². The summed E-state index contributed by atoms with van der Waals surface area (Å²) < 4.78 is 5.23. The minimum Gasteiger partial charge on any atom is -0.378 e. The van der Waals surface area contributed by atoms with E-state index in [1.807, 2.05) is 13.8 Å². The van der Waals surface area contributed by atoms with E-state index in [-0.39, 0.29) is 0 Å². The van der Waals surface area contributed by atoms with E-state index in [4.69, 9.17) is 4.74 Å². The molecule has 1 heterocycles. The standard InChI is InChI=1S/C6H13NO.C2H6/c1-5-3-8-4-6(2)7-5;1-2/h5-7H,3-4H2,1-2H3;1-2H3/t5-,6+;. The molecule has 2 atom stereocenters. The third-order valence-corrected chi connectivity index (χ3v) is 1.30. The fourth-order valence-electron chi connectivity index (χ4n) is 1.00. The van der Waals surface area contributed by atoms with Gasteiger partial charge in [0.15, 0.2) is 0 Å². The van der Waals surface area contributed by atoms with Crippen molar-refractivity contribution in [2.24, 2.45) is 0 Å². The molecule has 1 rings (SSSR count). The molecule has 2 nitrogen and oxygen atoms in total. The minimum atomic E-state index is 0.541. The van der Waals surface area contributed by atoms with E-state index in [0.29, 0.717) is 12.1 Å². The number of morpholine rings is 1. The van der Waals surface area contributed by atoms with Crippen molar-refractivity contribution in [2.45, 2.75) is 39.8 Å². The number of rotatable bonds is 0. The highest BCUT2D eigenvalue weighted by Crippen LogP contribution is 1.96. The molecule has 1 N–H and O–H groups in total. The first-order valence-corrected chi connectivity index (χ1v) is 4.13. The molecule has 1 saturated heterocycles. The maximum Gasteiger partial charge on any atom is 0.0617 e. The van der Waals surface area contributed by atoms with Crippen molar-refractivity contribution in [3.8, 4) is 0 Å². The number of nitrogens with one attached hydrogen (secondary N) is 1. The van der Waals surface area contributed by atoms with Gasteiger partial charge in [-0.1, -0.05) is 13.8 Å². The van der Waals surface area contributed by atoms with Crippen LogP contribution in [0, 0.1) is 0 Å². The molecule has 1 aliphatic rings. The third kappa shape index (κ3) is 3.85. The van der Waals surface area contributed by atoms with Crippen molar-refractivity contribution in [2.75, 3.05) is 13.2 Å². The van der Waals surface area contributed by atoms with Crippen molar-refractivity contribution >= 4 is 0 Å². The highest BCUT2D eigenvalue weighted by atomic mass is 16.5. The molecule has 0 aromatic carbocycles. The van der Waals surface area contributed by atoms with Crippen LogP contribution in [0.4, 0.5) is 0 Å². The van der Waals surface area contributed by atoms with Crippen LogP contribution in [0.2, 0.25) is 0 Å². The van der Waals surface area contributed by atoms with Gasteiger partial charge >= 0.3 is 0 Å². The van der Waals surface area contributed by atoms with Gasteiger partial charge in [0.05, 0.1) is 13.2 Å². The third-order valence-electron chi connectivity index (χ3n) is 1.30. The quantitative estimate of drug-likeness (QED) is 0.556. The molecular formula is C8H19NO. The van der Waals surface area contributed by atoms with Crippen molar-refractivity contribution in [1.82, 2.24) is 5.32 Å². The van der Waals surface area contributed by atoms with Gasteiger partial charge in [0.1, 0.15) is 0 Å². The number of hydrogen-bond acceptors (Lipinski definition) is 2. The first-order chi connectivity index (χ1) is 4.79. The predicted molar refractivity (Wildman–Crippen MR) is 44.2 cm³/mol. The highest BCUT2D eigenvalue weighted by molar-refractivity contribution is 4.70. The Hall–Kier alpha value is -0.0800. The number of ether oxygens (including phenoxy) is 1. The molecule has 0 amide bonds. The summed E-state index contributed by atoms with van der Waals surface area (Å²) in [6.45, 7) is 10.0. The summed E-state index contributed by atoms with van der Waals surface area (Å²) in [4.78, 5) is 0. The molecule has 0 saturated carbocycles. The van der Waals surface area contributed by atoms with Crippen LogP contribution in [0.25, 0.3) is 0 Å². The molecule has 0 radical (unpaired) electrons. The highest BCUT2D eigenvalue weighted by Gasteiger charge is 2.12. The lowest BCUT2D eigenvalue weighted by atomic mass is 10.2. The first kappa shape index (κ1) is 9.92. The van der Waals surface area contributed by atoms with Gasteiger partial charge in [-0.25, -0.2) is 0 Å². The van der Waals surface area contributed by atoms with E-state index in [0.717, 1.165) is 13.2 Å². The molecule has 0 unspecified atom stereocenters. The second kappa shape index (κ2) is 5.69. The summed E-state index contributed by atoms with van der Waals surface area (Å²) in [5, 5.41) is 3.35. The maximum atomic E-state index is 5.23. The van der Waals surface area contributed by atoms with Gasteiger partial charge in [-0.15, -0.1) is 0 Å². The van der Waals surface area contributed by atoms with Crippen LogP contribution in [0.5, 0.6) is 0 Å². The fraction of sp³-hybridized carbons (Fsp3) is 1.00. The zero-order valence-electron chi connectivity index (χ0n) is 7.48. The van der Waals surface area contributed by atoms with Crippen LogP contribution in [0.15, 0.2) is 0 Å². The molecule has 2 heteroatoms. The molecule has 0 aromatic heterocycles. The minimum absolute atomic E-state index is 0.541. The van der Waals surface area contributed by atoms with Crippen LogP contribution >= 0.6 is 0 Å². The van der Waals surface area contributed by atoms with E-state index in [9.17, 15) is 0 Å². The van der Waals surface area contributed by atoms with Crippen LogP contribution in [0.1, 0.15) is 27.7 Å². The van der Waals surface area contributed by atoms with E-state index in [1.165, 1.54) is 0 Å².